The number of hydrogen-bond donors (Lipinski definition) is 1. The van der Waals surface area contributed by atoms with Gasteiger partial charge in [-0.25, -0.2) is 0 Å². The van der Waals surface area contributed by atoms with Crippen LogP contribution in [0.4, 0.5) is 5.69 Å². The second-order valence-corrected chi connectivity index (χ2v) is 5.74. The lowest BCUT2D eigenvalue weighted by Gasteiger charge is -2.27. The van der Waals surface area contributed by atoms with Crippen molar-refractivity contribution in [2.75, 3.05) is 11.6 Å². The van der Waals surface area contributed by atoms with Gasteiger partial charge in [0.1, 0.15) is 6.07 Å². The van der Waals surface area contributed by atoms with Crippen LogP contribution in [0.25, 0.3) is 0 Å². The molecule has 1 aromatic rings. The van der Waals surface area contributed by atoms with E-state index in [4.69, 9.17) is 0 Å². The standard InChI is InChI=1S/C14H18N2S/c1-14(8-3-4-9-14)16-12-6-5-7-13(17-2)11(12)10-15/h5-7,16H,3-4,8-9H2,1-2H3. The van der Waals surface area contributed by atoms with E-state index in [1.807, 2.05) is 24.5 Å². The first kappa shape index (κ1) is 12.3. The molecule has 2 rings (SSSR count). The minimum absolute atomic E-state index is 0.169. The number of rotatable bonds is 3. The highest BCUT2D eigenvalue weighted by atomic mass is 32.2. The normalized spacial score (nSPS) is 17.7. The summed E-state index contributed by atoms with van der Waals surface area (Å²) >= 11 is 1.63. The van der Waals surface area contributed by atoms with Gasteiger partial charge in [-0.3, -0.25) is 0 Å². The molecule has 0 amide bonds. The maximum Gasteiger partial charge on any atom is 0.102 e. The Bertz CT molecular complexity index is 442. The van der Waals surface area contributed by atoms with Gasteiger partial charge in [0.25, 0.3) is 0 Å². The summed E-state index contributed by atoms with van der Waals surface area (Å²) in [5.41, 5.74) is 1.94. The van der Waals surface area contributed by atoms with E-state index < -0.39 is 0 Å². The fourth-order valence-corrected chi connectivity index (χ4v) is 3.10. The molecule has 0 saturated heterocycles. The zero-order valence-corrected chi connectivity index (χ0v) is 11.2. The summed E-state index contributed by atoms with van der Waals surface area (Å²) in [6.07, 6.45) is 6.97. The van der Waals surface area contributed by atoms with Crippen molar-refractivity contribution in [2.24, 2.45) is 0 Å². The van der Waals surface area contributed by atoms with Crippen LogP contribution in [0.5, 0.6) is 0 Å². The molecule has 0 aromatic heterocycles. The lowest BCUT2D eigenvalue weighted by molar-refractivity contribution is 0.533. The van der Waals surface area contributed by atoms with Crippen LogP contribution in [0.15, 0.2) is 23.1 Å². The van der Waals surface area contributed by atoms with Crippen molar-refractivity contribution < 1.29 is 0 Å². The molecule has 1 fully saturated rings. The van der Waals surface area contributed by atoms with E-state index in [1.54, 1.807) is 11.8 Å². The predicted molar refractivity (Wildman–Crippen MR) is 73.4 cm³/mol. The van der Waals surface area contributed by atoms with Crippen molar-refractivity contribution in [1.82, 2.24) is 0 Å². The Balaban J connectivity index is 2.29. The molecule has 3 heteroatoms. The summed E-state index contributed by atoms with van der Waals surface area (Å²) in [4.78, 5) is 1.05. The van der Waals surface area contributed by atoms with Crippen molar-refractivity contribution in [2.45, 2.75) is 43.0 Å². The van der Waals surface area contributed by atoms with E-state index >= 15 is 0 Å². The van der Waals surface area contributed by atoms with Gasteiger partial charge in [-0.15, -0.1) is 11.8 Å². The Kier molecular flexibility index (Phi) is 3.63. The Morgan fingerprint density at radius 3 is 2.65 bits per heavy atom. The molecule has 0 atom stereocenters. The highest BCUT2D eigenvalue weighted by Crippen LogP contribution is 2.35. The van der Waals surface area contributed by atoms with Crippen LogP contribution in [0.2, 0.25) is 0 Å². The number of anilines is 1. The largest absolute Gasteiger partial charge is 0.379 e. The molecule has 1 aliphatic carbocycles. The van der Waals surface area contributed by atoms with Crippen LogP contribution in [0, 0.1) is 11.3 Å². The summed E-state index contributed by atoms with van der Waals surface area (Å²) in [6.45, 7) is 2.26. The van der Waals surface area contributed by atoms with E-state index in [0.717, 1.165) is 16.1 Å². The molecule has 1 aromatic carbocycles. The molecule has 0 heterocycles. The molecule has 0 aliphatic heterocycles. The zero-order chi connectivity index (χ0) is 12.3. The highest BCUT2D eigenvalue weighted by Gasteiger charge is 2.29. The molecule has 1 aliphatic rings. The molecule has 1 saturated carbocycles. The number of nitrogens with zero attached hydrogens (tertiary/aromatic N) is 1. The van der Waals surface area contributed by atoms with Gasteiger partial charge in [0.05, 0.1) is 11.3 Å². The number of nitriles is 1. The zero-order valence-electron chi connectivity index (χ0n) is 10.4. The summed E-state index contributed by atoms with van der Waals surface area (Å²) in [6, 6.07) is 8.37. The first-order valence-electron chi connectivity index (χ1n) is 6.04. The third kappa shape index (κ3) is 2.58. The van der Waals surface area contributed by atoms with Crippen molar-refractivity contribution >= 4 is 17.4 Å². The first-order chi connectivity index (χ1) is 8.18. The van der Waals surface area contributed by atoms with Gasteiger partial charge in [0.2, 0.25) is 0 Å². The Morgan fingerprint density at radius 2 is 2.06 bits per heavy atom. The van der Waals surface area contributed by atoms with Crippen molar-refractivity contribution in [3.8, 4) is 6.07 Å². The molecule has 0 radical (unpaired) electrons. The molecular formula is C14H18N2S. The Hall–Kier alpha value is -1.14. The fraction of sp³-hybridized carbons (Fsp3) is 0.500. The third-order valence-electron chi connectivity index (χ3n) is 3.50. The lowest BCUT2D eigenvalue weighted by atomic mass is 9.99. The summed E-state index contributed by atoms with van der Waals surface area (Å²) in [5, 5.41) is 12.9. The Morgan fingerprint density at radius 1 is 1.35 bits per heavy atom. The van der Waals surface area contributed by atoms with Crippen LogP contribution in [-0.4, -0.2) is 11.8 Å². The van der Waals surface area contributed by atoms with Crippen LogP contribution in [0.3, 0.4) is 0 Å². The maximum atomic E-state index is 9.28. The predicted octanol–water partition coefficient (Wildman–Crippen LogP) is 4.02. The molecular weight excluding hydrogens is 228 g/mol. The van der Waals surface area contributed by atoms with Crippen LogP contribution in [0.1, 0.15) is 38.2 Å². The van der Waals surface area contributed by atoms with Crippen molar-refractivity contribution in [1.29, 1.82) is 5.26 Å². The van der Waals surface area contributed by atoms with Crippen LogP contribution in [-0.2, 0) is 0 Å². The molecule has 90 valence electrons. The molecule has 0 bridgehead atoms. The average Bonchev–Trinajstić information content (AvgIpc) is 2.75. The third-order valence-corrected chi connectivity index (χ3v) is 4.28. The van der Waals surface area contributed by atoms with E-state index in [2.05, 4.69) is 18.3 Å². The quantitative estimate of drug-likeness (QED) is 0.818. The minimum atomic E-state index is 0.169. The van der Waals surface area contributed by atoms with Gasteiger partial charge in [-0.2, -0.15) is 5.26 Å². The van der Waals surface area contributed by atoms with Gasteiger partial charge < -0.3 is 5.32 Å². The van der Waals surface area contributed by atoms with Gasteiger partial charge in [-0.05, 0) is 38.2 Å². The van der Waals surface area contributed by atoms with Crippen molar-refractivity contribution in [3.63, 3.8) is 0 Å². The summed E-state index contributed by atoms with van der Waals surface area (Å²) < 4.78 is 0. The molecule has 1 N–H and O–H groups in total. The number of benzene rings is 1. The SMILES string of the molecule is CSc1cccc(NC2(C)CCCC2)c1C#N. The van der Waals surface area contributed by atoms with Gasteiger partial charge in [0, 0.05) is 10.4 Å². The molecule has 0 spiro atoms. The van der Waals surface area contributed by atoms with Gasteiger partial charge in [0.15, 0.2) is 0 Å². The molecule has 0 unspecified atom stereocenters. The minimum Gasteiger partial charge on any atom is -0.379 e. The molecule has 17 heavy (non-hydrogen) atoms. The summed E-state index contributed by atoms with van der Waals surface area (Å²) in [7, 11) is 0. The lowest BCUT2D eigenvalue weighted by Crippen LogP contribution is -2.31. The molecule has 2 nitrogen and oxygen atoms in total. The van der Waals surface area contributed by atoms with Crippen LogP contribution >= 0.6 is 11.8 Å². The number of thioether (sulfide) groups is 1. The average molecular weight is 246 g/mol. The van der Waals surface area contributed by atoms with E-state index in [-0.39, 0.29) is 5.54 Å². The number of hydrogen-bond acceptors (Lipinski definition) is 3. The van der Waals surface area contributed by atoms with Crippen LogP contribution < -0.4 is 5.32 Å². The second-order valence-electron chi connectivity index (χ2n) is 4.89. The van der Waals surface area contributed by atoms with E-state index in [1.165, 1.54) is 25.7 Å². The monoisotopic (exact) mass is 246 g/mol. The van der Waals surface area contributed by atoms with E-state index in [9.17, 15) is 5.26 Å². The van der Waals surface area contributed by atoms with Crippen molar-refractivity contribution in [3.05, 3.63) is 23.8 Å². The topological polar surface area (TPSA) is 35.8 Å². The first-order valence-corrected chi connectivity index (χ1v) is 7.26. The highest BCUT2D eigenvalue weighted by molar-refractivity contribution is 7.98. The van der Waals surface area contributed by atoms with Gasteiger partial charge in [-0.1, -0.05) is 18.9 Å². The maximum absolute atomic E-state index is 9.28. The smallest absolute Gasteiger partial charge is 0.102 e. The van der Waals surface area contributed by atoms with E-state index in [0.29, 0.717) is 0 Å². The number of nitrogens with one attached hydrogen (secondary N) is 1. The Labute approximate surface area is 107 Å². The summed E-state index contributed by atoms with van der Waals surface area (Å²) in [5.74, 6) is 0. The second kappa shape index (κ2) is 5.01. The fourth-order valence-electron chi connectivity index (χ4n) is 2.53. The van der Waals surface area contributed by atoms with Gasteiger partial charge >= 0.3 is 0 Å².